The van der Waals surface area contributed by atoms with Gasteiger partial charge in [-0.2, -0.15) is 10.1 Å². The topological polar surface area (TPSA) is 184 Å². The highest BCUT2D eigenvalue weighted by molar-refractivity contribution is 7.52. The smallest absolute Gasteiger partial charge is 0.459 e. The van der Waals surface area contributed by atoms with Crippen molar-refractivity contribution < 1.29 is 42.5 Å². The summed E-state index contributed by atoms with van der Waals surface area (Å²) < 4.78 is 49.5. The number of nitrogens with two attached hydrogens (primary N) is 1. The van der Waals surface area contributed by atoms with Crippen LogP contribution in [0.4, 0.5) is 10.2 Å². The number of hydrogen-bond donors (Lipinski definition) is 4. The third-order valence-electron chi connectivity index (χ3n) is 4.98. The van der Waals surface area contributed by atoms with Gasteiger partial charge in [0.15, 0.2) is 17.9 Å². The van der Waals surface area contributed by atoms with E-state index in [2.05, 4.69) is 10.1 Å². The number of para-hydroxylation sites is 1. The molecule has 13 nitrogen and oxygen atoms in total. The zero-order valence-electron chi connectivity index (χ0n) is 19.7. The predicted molar refractivity (Wildman–Crippen MR) is 123 cm³/mol. The second kappa shape index (κ2) is 11.5. The van der Waals surface area contributed by atoms with E-state index in [-0.39, 0.29) is 5.75 Å². The summed E-state index contributed by atoms with van der Waals surface area (Å²) in [5.41, 5.74) is 4.24. The first-order valence-electron chi connectivity index (χ1n) is 10.9. The molecule has 1 unspecified atom stereocenters. The lowest BCUT2D eigenvalue weighted by molar-refractivity contribution is -0.149. The van der Waals surface area contributed by atoms with Crippen molar-refractivity contribution in [3.8, 4) is 5.75 Å². The molecule has 0 amide bonds. The summed E-state index contributed by atoms with van der Waals surface area (Å²) in [7, 11) is -4.29. The Labute approximate surface area is 205 Å². The van der Waals surface area contributed by atoms with Crippen LogP contribution < -0.4 is 21.0 Å². The molecule has 1 saturated heterocycles. The zero-order valence-corrected chi connectivity index (χ0v) is 20.6. The Morgan fingerprint density at radius 2 is 1.94 bits per heavy atom. The van der Waals surface area contributed by atoms with Crippen LogP contribution in [0.1, 0.15) is 27.0 Å². The number of carbonyl (C=O) groups excluding carboxylic acids is 1. The van der Waals surface area contributed by atoms with Crippen molar-refractivity contribution in [3.05, 3.63) is 52.8 Å². The molecular formula is C21H28FN4O9P. The summed E-state index contributed by atoms with van der Waals surface area (Å²) in [6, 6.07) is 6.85. The van der Waals surface area contributed by atoms with Crippen LogP contribution >= 0.6 is 7.75 Å². The molecule has 1 aliphatic rings. The number of benzene rings is 1. The summed E-state index contributed by atoms with van der Waals surface area (Å²) in [4.78, 5) is 27.6. The van der Waals surface area contributed by atoms with Crippen molar-refractivity contribution in [2.24, 2.45) is 0 Å². The Hall–Kier alpha value is -2.87. The molecule has 36 heavy (non-hydrogen) atoms. The minimum Gasteiger partial charge on any atom is -0.462 e. The van der Waals surface area contributed by atoms with E-state index in [0.29, 0.717) is 10.8 Å². The molecule has 2 aromatic rings. The van der Waals surface area contributed by atoms with E-state index >= 15 is 0 Å². The number of nitrogens with one attached hydrogen (secondary N) is 1. The lowest BCUT2D eigenvalue weighted by atomic mass is 10.1. The molecule has 0 aliphatic carbocycles. The number of carbonyl (C=O) groups is 1. The van der Waals surface area contributed by atoms with E-state index in [9.17, 15) is 28.8 Å². The summed E-state index contributed by atoms with van der Waals surface area (Å²) >= 11 is 0. The van der Waals surface area contributed by atoms with E-state index in [0.717, 1.165) is 0 Å². The normalized spacial score (nSPS) is 24.3. The molecule has 15 heteroatoms. The second-order valence-corrected chi connectivity index (χ2v) is 9.94. The van der Waals surface area contributed by atoms with E-state index in [1.165, 1.54) is 19.1 Å². The SMILES string of the molecule is CC(C)OC(=O)[C@@H](C)NP(=O)(OC[C@H]1O[C@@H](n2cc(F)c(N)nc2=O)[C@H](O)[C@@H]1O)Oc1ccccc1. The quantitative estimate of drug-likeness (QED) is 0.250. The molecule has 0 bridgehead atoms. The first-order chi connectivity index (χ1) is 16.9. The van der Waals surface area contributed by atoms with Gasteiger partial charge < -0.3 is 29.9 Å². The first-order valence-corrected chi connectivity index (χ1v) is 12.5. The van der Waals surface area contributed by atoms with Gasteiger partial charge in [0.1, 0.15) is 30.1 Å². The number of aromatic nitrogens is 2. The van der Waals surface area contributed by atoms with Crippen LogP contribution in [0.5, 0.6) is 5.75 Å². The van der Waals surface area contributed by atoms with Crippen LogP contribution in [0.2, 0.25) is 0 Å². The molecule has 0 radical (unpaired) electrons. The molecule has 1 fully saturated rings. The Balaban J connectivity index is 1.77. The second-order valence-electron chi connectivity index (χ2n) is 8.24. The van der Waals surface area contributed by atoms with Crippen LogP contribution in [-0.4, -0.2) is 62.8 Å². The number of nitrogens with zero attached hydrogens (tertiary/aromatic N) is 2. The van der Waals surface area contributed by atoms with Gasteiger partial charge in [0.2, 0.25) is 0 Å². The number of halogens is 1. The molecule has 1 aliphatic heterocycles. The third kappa shape index (κ3) is 6.66. The highest BCUT2D eigenvalue weighted by Crippen LogP contribution is 2.46. The van der Waals surface area contributed by atoms with Crippen molar-refractivity contribution in [2.75, 3.05) is 12.3 Å². The number of anilines is 1. The lowest BCUT2D eigenvalue weighted by Crippen LogP contribution is -2.38. The molecule has 1 aromatic heterocycles. The number of aliphatic hydroxyl groups is 2. The molecule has 2 heterocycles. The van der Waals surface area contributed by atoms with Gasteiger partial charge in [-0.3, -0.25) is 13.9 Å². The Bertz CT molecular complexity index is 1170. The fourth-order valence-corrected chi connectivity index (χ4v) is 4.74. The van der Waals surface area contributed by atoms with Crippen LogP contribution in [0, 0.1) is 5.82 Å². The van der Waals surface area contributed by atoms with Crippen LogP contribution in [0.15, 0.2) is 41.3 Å². The molecule has 3 rings (SSSR count). The summed E-state index contributed by atoms with van der Waals surface area (Å²) in [5, 5.41) is 23.3. The van der Waals surface area contributed by atoms with E-state index in [4.69, 9.17) is 24.3 Å². The third-order valence-corrected chi connectivity index (χ3v) is 6.62. The molecular weight excluding hydrogens is 502 g/mol. The number of rotatable bonds is 10. The maximum absolute atomic E-state index is 13.8. The highest BCUT2D eigenvalue weighted by atomic mass is 31.2. The predicted octanol–water partition coefficient (Wildman–Crippen LogP) is 0.717. The summed E-state index contributed by atoms with van der Waals surface area (Å²) in [6.45, 7) is 4.08. The van der Waals surface area contributed by atoms with E-state index in [1.807, 2.05) is 0 Å². The highest BCUT2D eigenvalue weighted by Gasteiger charge is 2.46. The first kappa shape index (κ1) is 27.7. The molecule has 1 aromatic carbocycles. The Morgan fingerprint density at radius 3 is 2.58 bits per heavy atom. The van der Waals surface area contributed by atoms with E-state index < -0.39 is 74.3 Å². The summed E-state index contributed by atoms with van der Waals surface area (Å²) in [5.74, 6) is -2.24. The van der Waals surface area contributed by atoms with Crippen LogP contribution in [-0.2, 0) is 23.4 Å². The number of ether oxygens (including phenoxy) is 2. The van der Waals surface area contributed by atoms with Gasteiger partial charge in [-0.1, -0.05) is 18.2 Å². The van der Waals surface area contributed by atoms with Crippen molar-refractivity contribution in [3.63, 3.8) is 0 Å². The van der Waals surface area contributed by atoms with Gasteiger partial charge in [0.25, 0.3) is 0 Å². The fraction of sp³-hybridized carbons (Fsp3) is 0.476. The van der Waals surface area contributed by atoms with Crippen LogP contribution in [0.25, 0.3) is 0 Å². The van der Waals surface area contributed by atoms with Gasteiger partial charge in [-0.05, 0) is 32.9 Å². The number of hydrogen-bond acceptors (Lipinski definition) is 11. The maximum Gasteiger partial charge on any atom is 0.459 e. The Morgan fingerprint density at radius 1 is 1.28 bits per heavy atom. The number of esters is 1. The van der Waals surface area contributed by atoms with Crippen molar-refractivity contribution in [1.82, 2.24) is 14.6 Å². The number of aliphatic hydroxyl groups excluding tert-OH is 2. The average molecular weight is 530 g/mol. The Kier molecular flexibility index (Phi) is 8.82. The van der Waals surface area contributed by atoms with Gasteiger partial charge in [0.05, 0.1) is 18.9 Å². The van der Waals surface area contributed by atoms with Gasteiger partial charge in [0, 0.05) is 0 Å². The molecule has 0 saturated carbocycles. The maximum atomic E-state index is 13.8. The monoisotopic (exact) mass is 530 g/mol. The van der Waals surface area contributed by atoms with E-state index in [1.54, 1.807) is 32.0 Å². The minimum absolute atomic E-state index is 0.151. The van der Waals surface area contributed by atoms with Gasteiger partial charge in [-0.15, -0.1) is 0 Å². The van der Waals surface area contributed by atoms with Gasteiger partial charge in [-0.25, -0.2) is 13.8 Å². The fourth-order valence-electron chi connectivity index (χ4n) is 3.24. The number of nitrogen functional groups attached to an aromatic ring is 1. The molecule has 6 atom stereocenters. The largest absolute Gasteiger partial charge is 0.462 e. The van der Waals surface area contributed by atoms with Crippen molar-refractivity contribution in [1.29, 1.82) is 0 Å². The van der Waals surface area contributed by atoms with Gasteiger partial charge >= 0.3 is 19.4 Å². The molecule has 198 valence electrons. The van der Waals surface area contributed by atoms with Crippen molar-refractivity contribution >= 4 is 19.5 Å². The average Bonchev–Trinajstić information content (AvgIpc) is 3.08. The lowest BCUT2D eigenvalue weighted by Gasteiger charge is -2.25. The van der Waals surface area contributed by atoms with Crippen LogP contribution in [0.3, 0.4) is 0 Å². The molecule has 5 N–H and O–H groups in total. The molecule has 0 spiro atoms. The summed E-state index contributed by atoms with van der Waals surface area (Å²) in [6.07, 6.45) is -5.93. The van der Waals surface area contributed by atoms with Crippen molar-refractivity contribution in [2.45, 2.75) is 57.5 Å². The minimum atomic E-state index is -4.29. The standard InChI is InChI=1S/C21H28FN4O9P/c1-11(2)33-20(29)12(3)25-36(31,35-13-7-5-4-6-8-13)32-10-15-16(27)17(28)19(34-15)26-9-14(22)18(23)24-21(26)30/h4-9,11-12,15-17,19,27-28H,10H2,1-3H3,(H,25,31)(H2,23,24,30)/t12-,15-,16-,17-,19-,36?/m1/s1. The zero-order chi connectivity index (χ0) is 26.6.